The van der Waals surface area contributed by atoms with Gasteiger partial charge in [0.1, 0.15) is 5.82 Å². The minimum absolute atomic E-state index is 0.496. The maximum absolute atomic E-state index is 6.08. The molecule has 1 aromatic carbocycles. The first-order valence-electron chi connectivity index (χ1n) is 8.59. The Labute approximate surface area is 147 Å². The molecule has 1 aliphatic rings. The standard InChI is InChI=1S/C18H23N7/c1-13-5-3-4-6-14(13)12-24-7-9-25(10-8-24)18-21-16(19)15-11-20-23(2)17(15)22-18/h3-6,11H,7-10,12H2,1-2H3,(H2,19,21,22). The Morgan fingerprint density at radius 3 is 2.60 bits per heavy atom. The molecule has 0 atom stereocenters. The average molecular weight is 337 g/mol. The molecular weight excluding hydrogens is 314 g/mol. The normalized spacial score (nSPS) is 15.8. The maximum Gasteiger partial charge on any atom is 0.229 e. The van der Waals surface area contributed by atoms with E-state index in [0.29, 0.717) is 11.8 Å². The summed E-state index contributed by atoms with van der Waals surface area (Å²) in [6.07, 6.45) is 1.72. The Bertz CT molecular complexity index is 894. The summed E-state index contributed by atoms with van der Waals surface area (Å²) < 4.78 is 1.74. The molecule has 1 aliphatic heterocycles. The van der Waals surface area contributed by atoms with Crippen LogP contribution in [-0.2, 0) is 13.6 Å². The number of aromatic nitrogens is 4. The minimum atomic E-state index is 0.496. The van der Waals surface area contributed by atoms with E-state index in [2.05, 4.69) is 56.1 Å². The summed E-state index contributed by atoms with van der Waals surface area (Å²) in [5, 5.41) is 5.03. The number of nitrogen functional groups attached to an aromatic ring is 1. The molecule has 130 valence electrons. The second-order valence-electron chi connectivity index (χ2n) is 6.60. The van der Waals surface area contributed by atoms with Gasteiger partial charge in [0, 0.05) is 39.8 Å². The summed E-state index contributed by atoms with van der Waals surface area (Å²) in [7, 11) is 1.87. The number of anilines is 2. The molecule has 1 fully saturated rings. The van der Waals surface area contributed by atoms with Gasteiger partial charge in [0.15, 0.2) is 5.65 Å². The van der Waals surface area contributed by atoms with Crippen molar-refractivity contribution in [2.75, 3.05) is 36.8 Å². The molecule has 3 heterocycles. The van der Waals surface area contributed by atoms with Gasteiger partial charge in [-0.25, -0.2) is 0 Å². The fraction of sp³-hybridized carbons (Fsp3) is 0.389. The van der Waals surface area contributed by atoms with Crippen molar-refractivity contribution in [2.45, 2.75) is 13.5 Å². The molecule has 0 amide bonds. The molecule has 7 nitrogen and oxygen atoms in total. The van der Waals surface area contributed by atoms with Crippen molar-refractivity contribution in [2.24, 2.45) is 7.05 Å². The Morgan fingerprint density at radius 1 is 1.08 bits per heavy atom. The maximum atomic E-state index is 6.08. The Balaban J connectivity index is 1.47. The van der Waals surface area contributed by atoms with Crippen LogP contribution < -0.4 is 10.6 Å². The number of benzene rings is 1. The Kier molecular flexibility index (Phi) is 4.01. The molecule has 1 saturated heterocycles. The lowest BCUT2D eigenvalue weighted by Crippen LogP contribution is -2.46. The van der Waals surface area contributed by atoms with Crippen molar-refractivity contribution in [3.63, 3.8) is 0 Å². The highest BCUT2D eigenvalue weighted by atomic mass is 15.3. The number of fused-ring (bicyclic) bond motifs is 1. The van der Waals surface area contributed by atoms with Gasteiger partial charge in [0.25, 0.3) is 0 Å². The van der Waals surface area contributed by atoms with Crippen LogP contribution in [0, 0.1) is 6.92 Å². The molecule has 0 spiro atoms. The first kappa shape index (κ1) is 15.8. The van der Waals surface area contributed by atoms with E-state index in [4.69, 9.17) is 5.73 Å². The fourth-order valence-electron chi connectivity index (χ4n) is 3.31. The van der Waals surface area contributed by atoms with Crippen LogP contribution in [0.2, 0.25) is 0 Å². The number of nitrogens with zero attached hydrogens (tertiary/aromatic N) is 6. The van der Waals surface area contributed by atoms with Crippen LogP contribution >= 0.6 is 0 Å². The van der Waals surface area contributed by atoms with Gasteiger partial charge in [-0.15, -0.1) is 0 Å². The molecule has 2 N–H and O–H groups in total. The molecule has 0 bridgehead atoms. The lowest BCUT2D eigenvalue weighted by molar-refractivity contribution is 0.248. The summed E-state index contributed by atoms with van der Waals surface area (Å²) in [6.45, 7) is 6.93. The van der Waals surface area contributed by atoms with Crippen LogP contribution in [0.15, 0.2) is 30.5 Å². The lowest BCUT2D eigenvalue weighted by Gasteiger charge is -2.35. The zero-order valence-corrected chi connectivity index (χ0v) is 14.7. The summed E-state index contributed by atoms with van der Waals surface area (Å²) in [4.78, 5) is 13.8. The third-order valence-electron chi connectivity index (χ3n) is 4.92. The van der Waals surface area contributed by atoms with E-state index in [1.54, 1.807) is 10.9 Å². The third-order valence-corrected chi connectivity index (χ3v) is 4.92. The van der Waals surface area contributed by atoms with Gasteiger partial charge in [0.05, 0.1) is 11.6 Å². The number of rotatable bonds is 3. The number of hydrogen-bond acceptors (Lipinski definition) is 6. The zero-order valence-electron chi connectivity index (χ0n) is 14.7. The van der Waals surface area contributed by atoms with E-state index in [1.807, 2.05) is 7.05 Å². The smallest absolute Gasteiger partial charge is 0.229 e. The van der Waals surface area contributed by atoms with Crippen molar-refractivity contribution in [3.05, 3.63) is 41.6 Å². The lowest BCUT2D eigenvalue weighted by atomic mass is 10.1. The van der Waals surface area contributed by atoms with Crippen LogP contribution in [0.5, 0.6) is 0 Å². The molecule has 4 rings (SSSR count). The van der Waals surface area contributed by atoms with Crippen molar-refractivity contribution in [3.8, 4) is 0 Å². The Morgan fingerprint density at radius 2 is 1.84 bits per heavy atom. The van der Waals surface area contributed by atoms with E-state index in [9.17, 15) is 0 Å². The highest BCUT2D eigenvalue weighted by molar-refractivity contribution is 5.86. The van der Waals surface area contributed by atoms with E-state index in [1.165, 1.54) is 11.1 Å². The summed E-state index contributed by atoms with van der Waals surface area (Å²) in [5.74, 6) is 1.19. The van der Waals surface area contributed by atoms with Crippen LogP contribution in [0.4, 0.5) is 11.8 Å². The minimum Gasteiger partial charge on any atom is -0.383 e. The SMILES string of the molecule is Cc1ccccc1CN1CCN(c2nc(N)c3cnn(C)c3n2)CC1. The fourth-order valence-corrected chi connectivity index (χ4v) is 3.31. The second-order valence-corrected chi connectivity index (χ2v) is 6.60. The molecule has 7 heteroatoms. The van der Waals surface area contributed by atoms with E-state index in [0.717, 1.165) is 43.8 Å². The molecule has 2 aromatic heterocycles. The number of aryl methyl sites for hydroxylation is 2. The summed E-state index contributed by atoms with van der Waals surface area (Å²) in [6, 6.07) is 8.58. The van der Waals surface area contributed by atoms with Crippen molar-refractivity contribution in [1.29, 1.82) is 0 Å². The van der Waals surface area contributed by atoms with Crippen LogP contribution in [0.25, 0.3) is 11.0 Å². The second kappa shape index (κ2) is 6.33. The largest absolute Gasteiger partial charge is 0.383 e. The van der Waals surface area contributed by atoms with Gasteiger partial charge in [-0.2, -0.15) is 15.1 Å². The highest BCUT2D eigenvalue weighted by Gasteiger charge is 2.21. The van der Waals surface area contributed by atoms with Crippen molar-refractivity contribution < 1.29 is 0 Å². The summed E-state index contributed by atoms with van der Waals surface area (Å²) in [5.41, 5.74) is 9.61. The van der Waals surface area contributed by atoms with Crippen molar-refractivity contribution in [1.82, 2.24) is 24.6 Å². The van der Waals surface area contributed by atoms with Crippen LogP contribution in [0.1, 0.15) is 11.1 Å². The van der Waals surface area contributed by atoms with Gasteiger partial charge in [0.2, 0.25) is 5.95 Å². The van der Waals surface area contributed by atoms with Crippen LogP contribution in [0.3, 0.4) is 0 Å². The molecule has 3 aromatic rings. The van der Waals surface area contributed by atoms with Gasteiger partial charge in [-0.3, -0.25) is 9.58 Å². The van der Waals surface area contributed by atoms with Gasteiger partial charge >= 0.3 is 0 Å². The highest BCUT2D eigenvalue weighted by Crippen LogP contribution is 2.22. The topological polar surface area (TPSA) is 76.1 Å². The first-order valence-corrected chi connectivity index (χ1v) is 8.59. The average Bonchev–Trinajstić information content (AvgIpc) is 2.99. The van der Waals surface area contributed by atoms with Gasteiger partial charge in [-0.05, 0) is 18.1 Å². The molecule has 0 radical (unpaired) electrons. The van der Waals surface area contributed by atoms with E-state index < -0.39 is 0 Å². The molecule has 0 saturated carbocycles. The Hall–Kier alpha value is -2.67. The zero-order chi connectivity index (χ0) is 17.4. The number of piperazine rings is 1. The van der Waals surface area contributed by atoms with Crippen LogP contribution in [-0.4, -0.2) is 50.8 Å². The predicted octanol–water partition coefficient (Wildman–Crippen LogP) is 1.58. The molecule has 25 heavy (non-hydrogen) atoms. The first-order chi connectivity index (χ1) is 12.1. The molecule has 0 unspecified atom stereocenters. The summed E-state index contributed by atoms with van der Waals surface area (Å²) >= 11 is 0. The van der Waals surface area contributed by atoms with Gasteiger partial charge in [-0.1, -0.05) is 24.3 Å². The third kappa shape index (κ3) is 3.02. The number of hydrogen-bond donors (Lipinski definition) is 1. The molecule has 0 aliphatic carbocycles. The molecular formula is C18H23N7. The number of nitrogens with two attached hydrogens (primary N) is 1. The quantitative estimate of drug-likeness (QED) is 0.782. The van der Waals surface area contributed by atoms with Crippen molar-refractivity contribution >= 4 is 22.8 Å². The predicted molar refractivity (Wildman–Crippen MR) is 99.4 cm³/mol. The monoisotopic (exact) mass is 337 g/mol. The van der Waals surface area contributed by atoms with Gasteiger partial charge < -0.3 is 10.6 Å². The van der Waals surface area contributed by atoms with E-state index >= 15 is 0 Å². The van der Waals surface area contributed by atoms with E-state index in [-0.39, 0.29) is 0 Å².